The number of hydrogen-bond acceptors (Lipinski definition) is 2. The molecule has 58 valence electrons. The van der Waals surface area contributed by atoms with Crippen LogP contribution >= 0.6 is 0 Å². The van der Waals surface area contributed by atoms with Crippen molar-refractivity contribution in [1.29, 1.82) is 0 Å². The maximum Gasteiger partial charge on any atom is 0.206 e. The zero-order valence-corrected chi connectivity index (χ0v) is 6.08. The summed E-state index contributed by atoms with van der Waals surface area (Å²) in [6.45, 7) is 0.194. The Labute approximate surface area is 60.6 Å². The van der Waals surface area contributed by atoms with Gasteiger partial charge in [0.2, 0.25) is 6.54 Å². The molecule has 0 amide bonds. The molecule has 0 atom stereocenters. The van der Waals surface area contributed by atoms with Crippen LogP contribution in [-0.4, -0.2) is 11.5 Å². The van der Waals surface area contributed by atoms with Crippen molar-refractivity contribution in [2.45, 2.75) is 32.1 Å². The number of rotatable bonds is 2. The van der Waals surface area contributed by atoms with Gasteiger partial charge in [-0.3, -0.25) is 10.1 Å². The van der Waals surface area contributed by atoms with Crippen LogP contribution in [0.25, 0.3) is 0 Å². The normalized spacial score (nSPS) is 20.8. The third kappa shape index (κ3) is 2.33. The van der Waals surface area contributed by atoms with Gasteiger partial charge in [0.1, 0.15) is 0 Å². The Morgan fingerprint density at radius 3 is 2.40 bits per heavy atom. The largest absolute Gasteiger partial charge is 0.265 e. The van der Waals surface area contributed by atoms with Crippen molar-refractivity contribution < 1.29 is 4.92 Å². The molecule has 0 aromatic carbocycles. The highest BCUT2D eigenvalue weighted by Crippen LogP contribution is 2.23. The van der Waals surface area contributed by atoms with Crippen LogP contribution in [0.15, 0.2) is 0 Å². The van der Waals surface area contributed by atoms with Gasteiger partial charge in [-0.1, -0.05) is 19.3 Å². The lowest BCUT2D eigenvalue weighted by molar-refractivity contribution is -0.489. The van der Waals surface area contributed by atoms with E-state index in [-0.39, 0.29) is 11.5 Å². The first kappa shape index (κ1) is 7.51. The van der Waals surface area contributed by atoms with Crippen molar-refractivity contribution in [2.75, 3.05) is 6.54 Å². The second-order valence-electron chi connectivity index (χ2n) is 3.02. The lowest BCUT2D eigenvalue weighted by Gasteiger charge is -2.16. The summed E-state index contributed by atoms with van der Waals surface area (Å²) >= 11 is 0. The predicted molar refractivity (Wildman–Crippen MR) is 38.4 cm³/mol. The van der Waals surface area contributed by atoms with Gasteiger partial charge in [0.25, 0.3) is 0 Å². The smallest absolute Gasteiger partial charge is 0.206 e. The fourth-order valence-corrected chi connectivity index (χ4v) is 1.58. The third-order valence-corrected chi connectivity index (χ3v) is 2.13. The summed E-state index contributed by atoms with van der Waals surface area (Å²) in [4.78, 5) is 9.89. The molecule has 3 nitrogen and oxygen atoms in total. The van der Waals surface area contributed by atoms with E-state index in [9.17, 15) is 10.1 Å². The molecule has 1 aliphatic rings. The third-order valence-electron chi connectivity index (χ3n) is 2.13. The first-order chi connectivity index (χ1) is 4.79. The lowest BCUT2D eigenvalue weighted by Crippen LogP contribution is -2.16. The average molecular weight is 143 g/mol. The Morgan fingerprint density at radius 1 is 1.30 bits per heavy atom. The molecule has 0 radical (unpaired) electrons. The van der Waals surface area contributed by atoms with E-state index in [0.717, 1.165) is 12.8 Å². The minimum atomic E-state index is -0.185. The Balaban J connectivity index is 2.19. The van der Waals surface area contributed by atoms with Crippen LogP contribution in [0, 0.1) is 16.0 Å². The maximum atomic E-state index is 10.1. The van der Waals surface area contributed by atoms with Gasteiger partial charge in [-0.2, -0.15) is 0 Å². The Kier molecular flexibility index (Phi) is 2.66. The van der Waals surface area contributed by atoms with Gasteiger partial charge >= 0.3 is 0 Å². The summed E-state index contributed by atoms with van der Waals surface area (Å²) < 4.78 is 0. The lowest BCUT2D eigenvalue weighted by atomic mass is 9.89. The average Bonchev–Trinajstić information content (AvgIpc) is 1.88. The first-order valence-electron chi connectivity index (χ1n) is 3.91. The van der Waals surface area contributed by atoms with E-state index < -0.39 is 0 Å². The maximum absolute atomic E-state index is 10.1. The molecular weight excluding hydrogens is 130 g/mol. The van der Waals surface area contributed by atoms with Gasteiger partial charge in [0.15, 0.2) is 0 Å². The second-order valence-corrected chi connectivity index (χ2v) is 3.02. The molecule has 0 aromatic heterocycles. The van der Waals surface area contributed by atoms with Crippen molar-refractivity contribution in [2.24, 2.45) is 5.92 Å². The fraction of sp³-hybridized carbons (Fsp3) is 1.00. The van der Waals surface area contributed by atoms with Crippen molar-refractivity contribution in [3.8, 4) is 0 Å². The van der Waals surface area contributed by atoms with Crippen LogP contribution in [0.5, 0.6) is 0 Å². The van der Waals surface area contributed by atoms with Crippen LogP contribution in [0.2, 0.25) is 0 Å². The summed E-state index contributed by atoms with van der Waals surface area (Å²) in [6, 6.07) is 0. The molecule has 0 aliphatic heterocycles. The fourth-order valence-electron chi connectivity index (χ4n) is 1.58. The van der Waals surface area contributed by atoms with Crippen LogP contribution in [-0.2, 0) is 0 Å². The highest BCUT2D eigenvalue weighted by Gasteiger charge is 2.17. The molecule has 0 aromatic rings. The molecule has 0 N–H and O–H groups in total. The minimum absolute atomic E-state index is 0.185. The molecule has 0 saturated heterocycles. The van der Waals surface area contributed by atoms with E-state index in [1.807, 2.05) is 0 Å². The van der Waals surface area contributed by atoms with Crippen LogP contribution in [0.3, 0.4) is 0 Å². The number of nitro groups is 1. The number of nitrogens with zero attached hydrogens (tertiary/aromatic N) is 1. The van der Waals surface area contributed by atoms with E-state index in [0.29, 0.717) is 5.92 Å². The van der Waals surface area contributed by atoms with Crippen LogP contribution in [0.1, 0.15) is 32.1 Å². The standard InChI is InChI=1S/C7H13NO2/c9-8(10)6-7-4-2-1-3-5-7/h7H,1-6H2. The summed E-state index contributed by atoms with van der Waals surface area (Å²) in [5.74, 6) is 0.378. The molecule has 3 heteroatoms. The molecule has 1 fully saturated rings. The quantitative estimate of drug-likeness (QED) is 0.437. The Bertz CT molecular complexity index is 119. The summed E-state index contributed by atoms with van der Waals surface area (Å²) in [5, 5.41) is 10.1. The predicted octanol–water partition coefficient (Wildman–Crippen LogP) is 1.84. The van der Waals surface area contributed by atoms with Gasteiger partial charge < -0.3 is 0 Å². The van der Waals surface area contributed by atoms with Crippen molar-refractivity contribution in [3.63, 3.8) is 0 Å². The molecule has 0 heterocycles. The second kappa shape index (κ2) is 3.54. The van der Waals surface area contributed by atoms with Gasteiger partial charge in [0, 0.05) is 10.8 Å². The van der Waals surface area contributed by atoms with Crippen LogP contribution in [0.4, 0.5) is 0 Å². The van der Waals surface area contributed by atoms with E-state index in [1.54, 1.807) is 0 Å². The summed E-state index contributed by atoms with van der Waals surface area (Å²) in [7, 11) is 0. The molecule has 0 bridgehead atoms. The summed E-state index contributed by atoms with van der Waals surface area (Å²) in [5.41, 5.74) is 0. The monoisotopic (exact) mass is 143 g/mol. The highest BCUT2D eigenvalue weighted by atomic mass is 16.6. The van der Waals surface area contributed by atoms with E-state index in [4.69, 9.17) is 0 Å². The molecule has 1 rings (SSSR count). The molecular formula is C7H13NO2. The van der Waals surface area contributed by atoms with Gasteiger partial charge in [0.05, 0.1) is 0 Å². The molecule has 0 spiro atoms. The molecule has 0 unspecified atom stereocenters. The van der Waals surface area contributed by atoms with E-state index in [1.165, 1.54) is 19.3 Å². The van der Waals surface area contributed by atoms with Crippen molar-refractivity contribution in [1.82, 2.24) is 0 Å². The molecule has 10 heavy (non-hydrogen) atoms. The van der Waals surface area contributed by atoms with Crippen LogP contribution < -0.4 is 0 Å². The first-order valence-corrected chi connectivity index (χ1v) is 3.91. The van der Waals surface area contributed by atoms with Gasteiger partial charge in [-0.25, -0.2) is 0 Å². The van der Waals surface area contributed by atoms with Gasteiger partial charge in [-0.15, -0.1) is 0 Å². The van der Waals surface area contributed by atoms with Crippen molar-refractivity contribution >= 4 is 0 Å². The Hall–Kier alpha value is -0.600. The number of hydrogen-bond donors (Lipinski definition) is 0. The molecule has 1 saturated carbocycles. The zero-order chi connectivity index (χ0) is 7.40. The van der Waals surface area contributed by atoms with Gasteiger partial charge in [-0.05, 0) is 12.8 Å². The Morgan fingerprint density at radius 2 is 1.90 bits per heavy atom. The molecule has 1 aliphatic carbocycles. The highest BCUT2D eigenvalue weighted by molar-refractivity contribution is 4.63. The van der Waals surface area contributed by atoms with E-state index >= 15 is 0 Å². The van der Waals surface area contributed by atoms with Crippen molar-refractivity contribution in [3.05, 3.63) is 10.1 Å². The van der Waals surface area contributed by atoms with E-state index in [2.05, 4.69) is 0 Å². The topological polar surface area (TPSA) is 43.1 Å². The zero-order valence-electron chi connectivity index (χ0n) is 6.08. The minimum Gasteiger partial charge on any atom is -0.265 e. The SMILES string of the molecule is O=[N+]([O-])CC1CCCCC1. The summed E-state index contributed by atoms with van der Waals surface area (Å²) in [6.07, 6.45) is 5.80.